The topological polar surface area (TPSA) is 17.1 Å². The second-order valence-corrected chi connectivity index (χ2v) is 5.31. The molecule has 0 N–H and O–H groups in total. The van der Waals surface area contributed by atoms with E-state index in [1.54, 1.807) is 0 Å². The molecule has 0 aromatic heterocycles. The van der Waals surface area contributed by atoms with Gasteiger partial charge >= 0.3 is 0 Å². The average molecular weight is 293 g/mol. The van der Waals surface area contributed by atoms with Crippen LogP contribution < -0.4 is 0 Å². The average Bonchev–Trinajstić information content (AvgIpc) is 2.46. The fourth-order valence-corrected chi connectivity index (χ4v) is 2.25. The minimum absolute atomic E-state index is 0.125. The lowest BCUT2D eigenvalue weighted by atomic mass is 10.0. The van der Waals surface area contributed by atoms with Gasteiger partial charge in [0.05, 0.1) is 5.38 Å². The van der Waals surface area contributed by atoms with Gasteiger partial charge in [-0.05, 0) is 24.1 Å². The molecule has 0 fully saturated rings. The van der Waals surface area contributed by atoms with Crippen LogP contribution in [-0.4, -0.2) is 5.78 Å². The van der Waals surface area contributed by atoms with Crippen molar-refractivity contribution in [2.75, 3.05) is 0 Å². The van der Waals surface area contributed by atoms with E-state index in [2.05, 4.69) is 0 Å². The second kappa shape index (κ2) is 6.74. The molecule has 1 unspecified atom stereocenters. The number of hydrogen-bond donors (Lipinski definition) is 0. The lowest BCUT2D eigenvalue weighted by Gasteiger charge is -2.09. The molecule has 0 radical (unpaired) electrons. The van der Waals surface area contributed by atoms with Gasteiger partial charge in [-0.2, -0.15) is 0 Å². The van der Waals surface area contributed by atoms with Gasteiger partial charge in [-0.1, -0.05) is 54.1 Å². The summed E-state index contributed by atoms with van der Waals surface area (Å²) in [5.74, 6) is 0.125. The van der Waals surface area contributed by atoms with E-state index in [0.717, 1.165) is 11.1 Å². The van der Waals surface area contributed by atoms with Crippen LogP contribution in [0.2, 0.25) is 5.02 Å². The van der Waals surface area contributed by atoms with Crippen molar-refractivity contribution in [2.45, 2.75) is 18.2 Å². The third-order valence-electron chi connectivity index (χ3n) is 2.95. The van der Waals surface area contributed by atoms with Crippen LogP contribution in [0.3, 0.4) is 0 Å². The number of carbonyl (C=O) groups is 1. The molecule has 0 saturated heterocycles. The summed E-state index contributed by atoms with van der Waals surface area (Å²) in [5, 5.41) is 0.526. The highest BCUT2D eigenvalue weighted by molar-refractivity contribution is 6.30. The van der Waals surface area contributed by atoms with Gasteiger partial charge in [-0.3, -0.25) is 4.79 Å². The zero-order valence-electron chi connectivity index (χ0n) is 10.4. The van der Waals surface area contributed by atoms with Crippen molar-refractivity contribution in [2.24, 2.45) is 0 Å². The zero-order valence-corrected chi connectivity index (χ0v) is 11.9. The number of rotatable bonds is 5. The first-order chi connectivity index (χ1) is 9.16. The Morgan fingerprint density at radius 1 is 1.00 bits per heavy atom. The van der Waals surface area contributed by atoms with Crippen LogP contribution in [-0.2, 0) is 0 Å². The molecule has 0 heterocycles. The summed E-state index contributed by atoms with van der Waals surface area (Å²) >= 11 is 12.1. The predicted molar refractivity (Wildman–Crippen MR) is 80.1 cm³/mol. The third kappa shape index (κ3) is 4.09. The Balaban J connectivity index is 1.92. The molecule has 3 heteroatoms. The molecular weight excluding hydrogens is 279 g/mol. The Labute approximate surface area is 123 Å². The van der Waals surface area contributed by atoms with Crippen LogP contribution in [0, 0.1) is 0 Å². The maximum Gasteiger partial charge on any atom is 0.162 e. The van der Waals surface area contributed by atoms with E-state index >= 15 is 0 Å². The standard InChI is InChI=1S/C16H14Cl2O/c17-14-8-6-12(7-9-14)15(18)10-11-16(19)13-4-2-1-3-5-13/h1-9,15H,10-11H2. The summed E-state index contributed by atoms with van der Waals surface area (Å²) in [6.45, 7) is 0. The van der Waals surface area contributed by atoms with Gasteiger partial charge in [-0.15, -0.1) is 11.6 Å². The van der Waals surface area contributed by atoms with Gasteiger partial charge in [0.25, 0.3) is 0 Å². The number of carbonyl (C=O) groups excluding carboxylic acids is 1. The number of ketones is 1. The van der Waals surface area contributed by atoms with Gasteiger partial charge in [0.1, 0.15) is 0 Å². The van der Waals surface area contributed by atoms with E-state index in [4.69, 9.17) is 23.2 Å². The van der Waals surface area contributed by atoms with Crippen LogP contribution >= 0.6 is 23.2 Å². The Morgan fingerprint density at radius 3 is 2.26 bits per heavy atom. The molecule has 0 amide bonds. The molecule has 0 aliphatic rings. The highest BCUT2D eigenvalue weighted by Gasteiger charge is 2.11. The molecular formula is C16H14Cl2O. The molecule has 2 aromatic rings. The normalized spacial score (nSPS) is 12.1. The Kier molecular flexibility index (Phi) is 5.00. The van der Waals surface area contributed by atoms with Crippen molar-refractivity contribution in [1.29, 1.82) is 0 Å². The summed E-state index contributed by atoms with van der Waals surface area (Å²) in [4.78, 5) is 12.0. The van der Waals surface area contributed by atoms with E-state index in [1.165, 1.54) is 0 Å². The third-order valence-corrected chi connectivity index (χ3v) is 3.67. The van der Waals surface area contributed by atoms with Crippen LogP contribution in [0.5, 0.6) is 0 Å². The number of alkyl halides is 1. The van der Waals surface area contributed by atoms with Crippen molar-refractivity contribution in [3.63, 3.8) is 0 Å². The first-order valence-electron chi connectivity index (χ1n) is 6.14. The lowest BCUT2D eigenvalue weighted by Crippen LogP contribution is -2.01. The maximum atomic E-state index is 12.0. The number of hydrogen-bond acceptors (Lipinski definition) is 1. The molecule has 0 saturated carbocycles. The summed E-state index contributed by atoms with van der Waals surface area (Å²) in [5.41, 5.74) is 1.73. The second-order valence-electron chi connectivity index (χ2n) is 4.35. The summed E-state index contributed by atoms with van der Waals surface area (Å²) < 4.78 is 0. The zero-order chi connectivity index (χ0) is 13.7. The minimum Gasteiger partial charge on any atom is -0.294 e. The van der Waals surface area contributed by atoms with E-state index in [9.17, 15) is 4.79 Å². The molecule has 0 bridgehead atoms. The quantitative estimate of drug-likeness (QED) is 0.541. The van der Waals surface area contributed by atoms with E-state index < -0.39 is 0 Å². The van der Waals surface area contributed by atoms with Gasteiger partial charge in [0.15, 0.2) is 5.78 Å². The van der Waals surface area contributed by atoms with Gasteiger partial charge in [-0.25, -0.2) is 0 Å². The van der Waals surface area contributed by atoms with Crippen LogP contribution in [0.1, 0.15) is 34.1 Å². The lowest BCUT2D eigenvalue weighted by molar-refractivity contribution is 0.0979. The van der Waals surface area contributed by atoms with Crippen molar-refractivity contribution in [3.8, 4) is 0 Å². The Morgan fingerprint density at radius 2 is 1.63 bits per heavy atom. The van der Waals surface area contributed by atoms with Crippen LogP contribution in [0.25, 0.3) is 0 Å². The van der Waals surface area contributed by atoms with Crippen LogP contribution in [0.4, 0.5) is 0 Å². The van der Waals surface area contributed by atoms with Gasteiger partial charge in [0, 0.05) is 17.0 Å². The largest absolute Gasteiger partial charge is 0.294 e. The van der Waals surface area contributed by atoms with E-state index in [0.29, 0.717) is 17.9 Å². The first-order valence-corrected chi connectivity index (χ1v) is 6.96. The minimum atomic E-state index is -0.162. The highest BCUT2D eigenvalue weighted by Crippen LogP contribution is 2.27. The molecule has 19 heavy (non-hydrogen) atoms. The number of halogens is 2. The van der Waals surface area contributed by atoms with E-state index in [-0.39, 0.29) is 11.2 Å². The van der Waals surface area contributed by atoms with Crippen molar-refractivity contribution in [1.82, 2.24) is 0 Å². The summed E-state index contributed by atoms with van der Waals surface area (Å²) in [6, 6.07) is 16.7. The molecule has 1 nitrogen and oxygen atoms in total. The first kappa shape index (κ1) is 14.1. The monoisotopic (exact) mass is 292 g/mol. The Bertz CT molecular complexity index is 534. The predicted octanol–water partition coefficient (Wildman–Crippen LogP) is 5.28. The molecule has 0 spiro atoms. The summed E-state index contributed by atoms with van der Waals surface area (Å²) in [7, 11) is 0. The maximum absolute atomic E-state index is 12.0. The molecule has 1 atom stereocenters. The molecule has 0 aliphatic carbocycles. The van der Waals surface area contributed by atoms with Crippen molar-refractivity contribution >= 4 is 29.0 Å². The Hall–Kier alpha value is -1.31. The number of benzene rings is 2. The summed E-state index contributed by atoms with van der Waals surface area (Å²) in [6.07, 6.45) is 1.07. The fourth-order valence-electron chi connectivity index (χ4n) is 1.86. The SMILES string of the molecule is O=C(CCC(Cl)c1ccc(Cl)cc1)c1ccccc1. The van der Waals surface area contributed by atoms with E-state index in [1.807, 2.05) is 54.6 Å². The molecule has 98 valence electrons. The smallest absolute Gasteiger partial charge is 0.162 e. The molecule has 0 aliphatic heterocycles. The van der Waals surface area contributed by atoms with Gasteiger partial charge < -0.3 is 0 Å². The fraction of sp³-hybridized carbons (Fsp3) is 0.188. The van der Waals surface area contributed by atoms with Gasteiger partial charge in [0.2, 0.25) is 0 Å². The van der Waals surface area contributed by atoms with Crippen molar-refractivity contribution < 1.29 is 4.79 Å². The van der Waals surface area contributed by atoms with Crippen molar-refractivity contribution in [3.05, 3.63) is 70.7 Å². The highest BCUT2D eigenvalue weighted by atomic mass is 35.5. The number of Topliss-reactive ketones (excluding diaryl/α,β-unsaturated/α-hetero) is 1. The van der Waals surface area contributed by atoms with Crippen LogP contribution in [0.15, 0.2) is 54.6 Å². The molecule has 2 rings (SSSR count). The molecule has 2 aromatic carbocycles.